The molecule has 162 valence electrons. The monoisotopic (exact) mass is 420 g/mol. The summed E-state index contributed by atoms with van der Waals surface area (Å²) in [5.41, 5.74) is 1.70. The second-order valence-electron chi connectivity index (χ2n) is 9.58. The number of ether oxygens (including phenoxy) is 1. The van der Waals surface area contributed by atoms with Crippen molar-refractivity contribution in [2.75, 3.05) is 12.4 Å². The summed E-state index contributed by atoms with van der Waals surface area (Å²) in [6.07, 6.45) is 7.51. The zero-order valence-electron chi connectivity index (χ0n) is 17.5. The van der Waals surface area contributed by atoms with E-state index in [2.05, 4.69) is 5.32 Å². The molecular weight excluding hydrogens is 394 g/mol. The number of nitrogens with one attached hydrogen (secondary N) is 1. The van der Waals surface area contributed by atoms with Crippen LogP contribution in [-0.2, 0) is 5.41 Å². The Hall–Kier alpha value is -3.02. The Labute approximate surface area is 181 Å². The Morgan fingerprint density at radius 1 is 1.03 bits per heavy atom. The van der Waals surface area contributed by atoms with Gasteiger partial charge in [0.2, 0.25) is 0 Å². The highest BCUT2D eigenvalue weighted by Crippen LogP contribution is 2.61. The molecule has 0 aliphatic heterocycles. The molecule has 0 aromatic heterocycles. The number of carboxylic acid groups (broad SMARTS) is 1. The first kappa shape index (κ1) is 19.9. The summed E-state index contributed by atoms with van der Waals surface area (Å²) in [5, 5.41) is 23.7. The van der Waals surface area contributed by atoms with Crippen LogP contribution in [0.1, 0.15) is 64.8 Å². The number of benzene rings is 2. The van der Waals surface area contributed by atoms with E-state index < -0.39 is 11.7 Å². The number of aromatic carboxylic acids is 1. The summed E-state index contributed by atoms with van der Waals surface area (Å²) in [6.45, 7) is 0. The second kappa shape index (κ2) is 7.29. The molecule has 0 saturated heterocycles. The van der Waals surface area contributed by atoms with E-state index in [4.69, 9.17) is 9.84 Å². The smallest absolute Gasteiger partial charge is 0.335 e. The van der Waals surface area contributed by atoms with Gasteiger partial charge in [-0.3, -0.25) is 4.79 Å². The zero-order valence-corrected chi connectivity index (χ0v) is 17.5. The number of rotatable bonds is 5. The molecule has 0 radical (unpaired) electrons. The van der Waals surface area contributed by atoms with Gasteiger partial charge in [0.15, 0.2) is 0 Å². The van der Waals surface area contributed by atoms with Gasteiger partial charge in [-0.2, -0.15) is 0 Å². The average molecular weight is 420 g/mol. The van der Waals surface area contributed by atoms with Crippen LogP contribution in [0.3, 0.4) is 0 Å². The van der Waals surface area contributed by atoms with E-state index in [1.54, 1.807) is 13.2 Å². The molecule has 6 nitrogen and oxygen atoms in total. The molecule has 4 saturated carbocycles. The van der Waals surface area contributed by atoms with Gasteiger partial charge in [-0.1, -0.05) is 5.75 Å². The van der Waals surface area contributed by atoms with Crippen molar-refractivity contribution in [3.8, 4) is 11.5 Å². The number of anilines is 1. The number of carbonyl (C=O) groups excluding carboxylic acids is 1. The van der Waals surface area contributed by atoms with E-state index in [-0.39, 0.29) is 22.6 Å². The van der Waals surface area contributed by atoms with E-state index in [1.807, 2.05) is 12.1 Å². The van der Waals surface area contributed by atoms with Crippen molar-refractivity contribution >= 4 is 17.6 Å². The second-order valence-corrected chi connectivity index (χ2v) is 9.58. The normalized spacial score (nSPS) is 28.4. The van der Waals surface area contributed by atoms with Crippen LogP contribution in [0.4, 0.5) is 5.69 Å². The molecule has 2 aromatic rings. The molecule has 0 heterocycles. The maximum atomic E-state index is 13.0. The first-order chi connectivity index (χ1) is 14.9. The summed E-state index contributed by atoms with van der Waals surface area (Å²) in [4.78, 5) is 24.0. The summed E-state index contributed by atoms with van der Waals surface area (Å²) in [5.74, 6) is 0.930. The van der Waals surface area contributed by atoms with Gasteiger partial charge < -0.3 is 20.3 Å². The molecule has 0 unspecified atom stereocenters. The third-order valence-corrected chi connectivity index (χ3v) is 7.54. The Morgan fingerprint density at radius 2 is 1.68 bits per heavy atom. The highest BCUT2D eigenvalue weighted by molar-refractivity contribution is 6.05. The highest BCUT2D eigenvalue weighted by atomic mass is 16.5. The van der Waals surface area contributed by atoms with Gasteiger partial charge in [-0.15, -0.1) is 0 Å². The third kappa shape index (κ3) is 3.44. The van der Waals surface area contributed by atoms with Gasteiger partial charge in [0.05, 0.1) is 12.7 Å². The molecule has 31 heavy (non-hydrogen) atoms. The lowest BCUT2D eigenvalue weighted by Gasteiger charge is -2.57. The van der Waals surface area contributed by atoms with E-state index in [0.717, 1.165) is 54.4 Å². The van der Waals surface area contributed by atoms with Crippen LogP contribution >= 0.6 is 0 Å². The van der Waals surface area contributed by atoms with Gasteiger partial charge in [0.1, 0.15) is 5.75 Å². The van der Waals surface area contributed by atoms with Crippen molar-refractivity contribution in [3.63, 3.8) is 0 Å². The van der Waals surface area contributed by atoms with Crippen LogP contribution in [0.15, 0.2) is 36.4 Å². The molecule has 4 bridgehead atoms. The summed E-state index contributed by atoms with van der Waals surface area (Å²) in [7, 11) is 1.68. The standard InChI is InChI=1S/C25H27NO5/c1-31-22-5-2-17(23(28)26-18-3-4-19(24(29)30)21(27)10-18)9-20(22)25-11-14-6-15(12-25)8-16(7-14)13-25/h2-5,9-10,14-16,27H,6-8,11-13H2,1H3,(H,26,28)(H,29,30)/p-1. The van der Waals surface area contributed by atoms with E-state index >= 15 is 0 Å². The number of carbonyl (C=O) groups is 2. The maximum Gasteiger partial charge on any atom is 0.335 e. The molecule has 2 aromatic carbocycles. The Balaban J connectivity index is 1.44. The Bertz CT molecular complexity index is 1020. The predicted octanol–water partition coefficient (Wildman–Crippen LogP) is 4.19. The molecule has 4 aliphatic rings. The molecule has 2 N–H and O–H groups in total. The first-order valence-electron chi connectivity index (χ1n) is 10.9. The van der Waals surface area contributed by atoms with Crippen molar-refractivity contribution in [3.05, 3.63) is 53.1 Å². The summed E-state index contributed by atoms with van der Waals surface area (Å²) >= 11 is 0. The topological polar surface area (TPSA) is 98.7 Å². The number of amides is 1. The molecular formula is C25H26NO5-. The zero-order chi connectivity index (χ0) is 21.8. The van der Waals surface area contributed by atoms with Crippen LogP contribution in [0.25, 0.3) is 0 Å². The molecule has 6 rings (SSSR count). The van der Waals surface area contributed by atoms with Gasteiger partial charge in [0, 0.05) is 16.8 Å². The molecule has 0 spiro atoms. The lowest BCUT2D eigenvalue weighted by Crippen LogP contribution is -2.48. The van der Waals surface area contributed by atoms with Crippen LogP contribution in [0, 0.1) is 17.8 Å². The van der Waals surface area contributed by atoms with E-state index in [1.165, 1.54) is 31.4 Å². The number of hydrogen-bond acceptors (Lipinski definition) is 4. The van der Waals surface area contributed by atoms with Gasteiger partial charge in [0.25, 0.3) is 5.91 Å². The molecule has 0 atom stereocenters. The van der Waals surface area contributed by atoms with E-state index in [9.17, 15) is 14.7 Å². The fraction of sp³-hybridized carbons (Fsp3) is 0.440. The van der Waals surface area contributed by atoms with Crippen molar-refractivity contribution in [2.45, 2.75) is 43.9 Å². The first-order valence-corrected chi connectivity index (χ1v) is 10.9. The maximum absolute atomic E-state index is 13.0. The minimum Gasteiger partial charge on any atom is -0.872 e. The fourth-order valence-electron chi connectivity index (χ4n) is 6.68. The number of hydrogen-bond donors (Lipinski definition) is 2. The van der Waals surface area contributed by atoms with Crippen molar-refractivity contribution in [2.24, 2.45) is 17.8 Å². The SMILES string of the molecule is COc1ccc(C(=O)Nc2ccc(C(=O)O)c([O-])c2)cc1C12CC3CC(CC(C3)C1)C2. The van der Waals surface area contributed by atoms with Crippen molar-refractivity contribution < 1.29 is 24.5 Å². The molecule has 6 heteroatoms. The molecule has 4 aliphatic carbocycles. The van der Waals surface area contributed by atoms with Crippen LogP contribution in [-0.4, -0.2) is 24.1 Å². The quantitative estimate of drug-likeness (QED) is 0.756. The van der Waals surface area contributed by atoms with Crippen LogP contribution < -0.4 is 15.2 Å². The van der Waals surface area contributed by atoms with Gasteiger partial charge in [-0.25, -0.2) is 4.79 Å². The molecule has 1 amide bonds. The van der Waals surface area contributed by atoms with Crippen molar-refractivity contribution in [1.29, 1.82) is 0 Å². The van der Waals surface area contributed by atoms with Crippen LogP contribution in [0.2, 0.25) is 0 Å². The average Bonchev–Trinajstić information content (AvgIpc) is 2.72. The Morgan fingerprint density at radius 3 is 2.23 bits per heavy atom. The number of methoxy groups -OCH3 is 1. The van der Waals surface area contributed by atoms with E-state index in [0.29, 0.717) is 5.56 Å². The number of carboxylic acids is 1. The minimum absolute atomic E-state index is 0.0850. The van der Waals surface area contributed by atoms with Gasteiger partial charge >= 0.3 is 5.97 Å². The Kier molecular flexibility index (Phi) is 4.68. The predicted molar refractivity (Wildman–Crippen MR) is 114 cm³/mol. The molecule has 4 fully saturated rings. The third-order valence-electron chi connectivity index (χ3n) is 7.54. The van der Waals surface area contributed by atoms with Gasteiger partial charge in [-0.05, 0) is 98.1 Å². The largest absolute Gasteiger partial charge is 0.872 e. The summed E-state index contributed by atoms with van der Waals surface area (Å²) in [6, 6.07) is 9.37. The fourth-order valence-corrected chi connectivity index (χ4v) is 6.68. The van der Waals surface area contributed by atoms with Crippen LogP contribution in [0.5, 0.6) is 11.5 Å². The minimum atomic E-state index is -1.28. The lowest BCUT2D eigenvalue weighted by atomic mass is 9.48. The summed E-state index contributed by atoms with van der Waals surface area (Å²) < 4.78 is 5.71. The highest BCUT2D eigenvalue weighted by Gasteiger charge is 2.52. The van der Waals surface area contributed by atoms with Crippen molar-refractivity contribution in [1.82, 2.24) is 0 Å². The lowest BCUT2D eigenvalue weighted by molar-refractivity contribution is -0.268.